The van der Waals surface area contributed by atoms with Crippen LogP contribution in [-0.2, 0) is 0 Å². The van der Waals surface area contributed by atoms with Gasteiger partial charge < -0.3 is 20.2 Å². The van der Waals surface area contributed by atoms with Crippen molar-refractivity contribution in [3.8, 4) is 5.75 Å². The first kappa shape index (κ1) is 16.8. The smallest absolute Gasteiger partial charge is 0.230 e. The fourth-order valence-corrected chi connectivity index (χ4v) is 2.87. The van der Waals surface area contributed by atoms with Crippen LogP contribution in [0.1, 0.15) is 30.7 Å². The highest BCUT2D eigenvalue weighted by Crippen LogP contribution is 2.37. The number of phenolic OH excluding ortho intramolecular Hbond substituents is 1. The summed E-state index contributed by atoms with van der Waals surface area (Å²) in [6.45, 7) is 11.1. The van der Waals surface area contributed by atoms with Crippen LogP contribution in [0.5, 0.6) is 5.75 Å². The average Bonchev–Trinajstić information content (AvgIpc) is 3.23. The third-order valence-electron chi connectivity index (χ3n) is 3.69. The molecule has 0 aliphatic rings. The predicted octanol–water partition coefficient (Wildman–Crippen LogP) is 5.00. The molecule has 1 aromatic carbocycles. The summed E-state index contributed by atoms with van der Waals surface area (Å²) in [6.07, 6.45) is 2.52. The van der Waals surface area contributed by atoms with Crippen LogP contribution in [0.15, 0.2) is 34.9 Å². The van der Waals surface area contributed by atoms with Gasteiger partial charge in [-0.05, 0) is 31.0 Å². The number of aromatic nitrogens is 2. The molecule has 0 saturated heterocycles. The number of furan rings is 1. The van der Waals surface area contributed by atoms with Crippen LogP contribution in [0.3, 0.4) is 0 Å². The highest BCUT2D eigenvalue weighted by molar-refractivity contribution is 6.99. The van der Waals surface area contributed by atoms with Gasteiger partial charge in [0.25, 0.3) is 0 Å². The molecule has 3 N–H and O–H groups in total. The lowest BCUT2D eigenvalue weighted by molar-refractivity contribution is 0.473. The van der Waals surface area contributed by atoms with Crippen molar-refractivity contribution < 1.29 is 9.52 Å². The molecule has 0 bridgehead atoms. The molecule has 0 unspecified atom stereocenters. The molecule has 3 rings (SSSR count). The first-order valence-electron chi connectivity index (χ1n) is 7.73. The fraction of sp³-hybridized carbons (Fsp3) is 0.235. The Labute approximate surface area is 149 Å². The number of aromatic hydroxyl groups is 1. The van der Waals surface area contributed by atoms with E-state index >= 15 is 0 Å². The third kappa shape index (κ3) is 3.56. The number of para-hydroxylation sites is 1. The van der Waals surface area contributed by atoms with Gasteiger partial charge >= 0.3 is 0 Å². The Morgan fingerprint density at radius 3 is 2.84 bits per heavy atom. The van der Waals surface area contributed by atoms with E-state index in [0.29, 0.717) is 17.3 Å². The summed E-state index contributed by atoms with van der Waals surface area (Å²) in [5.41, 5.74) is 1.65. The molecule has 0 saturated carbocycles. The van der Waals surface area contributed by atoms with E-state index in [4.69, 9.17) is 11.0 Å². The zero-order valence-corrected chi connectivity index (χ0v) is 14.6. The van der Waals surface area contributed by atoms with Crippen LogP contribution in [0.2, 0.25) is 0 Å². The molecule has 128 valence electrons. The molecule has 0 fully saturated rings. The Balaban J connectivity index is 1.82. The molecular formula is C17H17N5O2S. The number of nitrogens with one attached hydrogen (secondary N) is 2. The van der Waals surface area contributed by atoms with Crippen molar-refractivity contribution in [3.05, 3.63) is 53.3 Å². The number of nitrogens with zero attached hydrogens (tertiary/aromatic N) is 3. The second-order valence-electron chi connectivity index (χ2n) is 5.50. The second-order valence-corrected chi connectivity index (χ2v) is 6.03. The molecular weight excluding hydrogens is 338 g/mol. The van der Waals surface area contributed by atoms with Gasteiger partial charge in [0.15, 0.2) is 11.6 Å². The summed E-state index contributed by atoms with van der Waals surface area (Å²) >= 11 is 1.06. The van der Waals surface area contributed by atoms with Crippen molar-refractivity contribution in [1.82, 2.24) is 8.75 Å². The standard InChI is InChI=1S/C17H17N5O2S/c1-4-11(14-8-10(2)9-24-14)19-16-17(22-25-21-16)20-13-7-5-6-12(18-3)15(13)23/h5-9,11,23H,4H2,1-2H3,(H,19,21)(H,20,22)/t11-/m1/s1. The van der Waals surface area contributed by atoms with Gasteiger partial charge in [-0.3, -0.25) is 0 Å². The number of aryl methyl sites for hydroxylation is 1. The summed E-state index contributed by atoms with van der Waals surface area (Å²) in [6, 6.07) is 6.88. The number of benzene rings is 1. The first-order chi connectivity index (χ1) is 12.1. The van der Waals surface area contributed by atoms with E-state index in [0.717, 1.165) is 29.5 Å². The van der Waals surface area contributed by atoms with Crippen molar-refractivity contribution in [2.75, 3.05) is 10.6 Å². The van der Waals surface area contributed by atoms with Gasteiger partial charge in [0.1, 0.15) is 11.5 Å². The highest BCUT2D eigenvalue weighted by Gasteiger charge is 2.18. The van der Waals surface area contributed by atoms with Gasteiger partial charge in [-0.2, -0.15) is 8.75 Å². The summed E-state index contributed by atoms with van der Waals surface area (Å²) in [7, 11) is 0. The third-order valence-corrected chi connectivity index (χ3v) is 4.22. The van der Waals surface area contributed by atoms with E-state index in [2.05, 4.69) is 24.2 Å². The van der Waals surface area contributed by atoms with Crippen LogP contribution in [0.4, 0.5) is 23.0 Å². The summed E-state index contributed by atoms with van der Waals surface area (Å²) in [5, 5.41) is 16.5. The second kappa shape index (κ2) is 7.23. The Morgan fingerprint density at radius 1 is 1.36 bits per heavy atom. The Bertz CT molecular complexity index is 912. The summed E-state index contributed by atoms with van der Waals surface area (Å²) < 4.78 is 14.1. The van der Waals surface area contributed by atoms with Gasteiger partial charge in [-0.25, -0.2) is 4.85 Å². The van der Waals surface area contributed by atoms with E-state index in [1.807, 2.05) is 19.9 Å². The lowest BCUT2D eigenvalue weighted by Gasteiger charge is -2.15. The van der Waals surface area contributed by atoms with Gasteiger partial charge in [0.2, 0.25) is 5.69 Å². The molecule has 2 heterocycles. The predicted molar refractivity (Wildman–Crippen MR) is 97.7 cm³/mol. The van der Waals surface area contributed by atoms with Crippen LogP contribution in [-0.4, -0.2) is 13.9 Å². The fourth-order valence-electron chi connectivity index (χ4n) is 2.39. The molecule has 0 aliphatic carbocycles. The largest absolute Gasteiger partial charge is 0.517 e. The van der Waals surface area contributed by atoms with Gasteiger partial charge in [0.05, 0.1) is 36.3 Å². The first-order valence-corrected chi connectivity index (χ1v) is 8.46. The van der Waals surface area contributed by atoms with Crippen LogP contribution in [0, 0.1) is 13.5 Å². The summed E-state index contributed by atoms with van der Waals surface area (Å²) in [5.74, 6) is 1.78. The monoisotopic (exact) mass is 355 g/mol. The minimum Gasteiger partial charge on any atom is -0.517 e. The minimum atomic E-state index is -0.106. The highest BCUT2D eigenvalue weighted by atomic mass is 32.1. The van der Waals surface area contributed by atoms with E-state index < -0.39 is 0 Å². The number of anilines is 3. The van der Waals surface area contributed by atoms with Crippen molar-refractivity contribution >= 4 is 34.7 Å². The van der Waals surface area contributed by atoms with Crippen LogP contribution in [0.25, 0.3) is 4.85 Å². The molecule has 7 nitrogen and oxygen atoms in total. The molecule has 0 radical (unpaired) electrons. The maximum atomic E-state index is 10.1. The molecule has 0 amide bonds. The number of phenols is 1. The van der Waals surface area contributed by atoms with Crippen molar-refractivity contribution in [2.24, 2.45) is 0 Å². The topological polar surface area (TPSA) is 87.6 Å². The Hall–Kier alpha value is -3.05. The van der Waals surface area contributed by atoms with Crippen molar-refractivity contribution in [2.45, 2.75) is 26.3 Å². The summed E-state index contributed by atoms with van der Waals surface area (Å²) in [4.78, 5) is 3.28. The van der Waals surface area contributed by atoms with E-state index in [1.54, 1.807) is 24.5 Å². The molecule has 1 atom stereocenters. The molecule has 25 heavy (non-hydrogen) atoms. The number of hydrogen-bond acceptors (Lipinski definition) is 7. The molecule has 2 aromatic heterocycles. The van der Waals surface area contributed by atoms with Gasteiger partial charge in [-0.1, -0.05) is 19.1 Å². The van der Waals surface area contributed by atoms with E-state index in [9.17, 15) is 5.11 Å². The number of hydrogen-bond donors (Lipinski definition) is 3. The van der Waals surface area contributed by atoms with Crippen LogP contribution >= 0.6 is 11.7 Å². The lowest BCUT2D eigenvalue weighted by Crippen LogP contribution is -2.10. The minimum absolute atomic E-state index is 0.0404. The molecule has 0 aliphatic heterocycles. The SMILES string of the molecule is [C-]#[N+]c1cccc(Nc2nsnc2N[C@H](CC)c2cc(C)co2)c1O. The van der Waals surface area contributed by atoms with Crippen LogP contribution < -0.4 is 10.6 Å². The average molecular weight is 355 g/mol. The Morgan fingerprint density at radius 2 is 2.16 bits per heavy atom. The van der Waals surface area contributed by atoms with E-state index in [1.165, 1.54) is 0 Å². The van der Waals surface area contributed by atoms with Crippen molar-refractivity contribution in [3.63, 3.8) is 0 Å². The van der Waals surface area contributed by atoms with Crippen molar-refractivity contribution in [1.29, 1.82) is 0 Å². The quantitative estimate of drug-likeness (QED) is 0.426. The maximum Gasteiger partial charge on any atom is 0.230 e. The molecule has 3 aromatic rings. The van der Waals surface area contributed by atoms with E-state index in [-0.39, 0.29) is 17.5 Å². The normalized spacial score (nSPS) is 11.7. The maximum absolute atomic E-state index is 10.1. The molecule has 8 heteroatoms. The van der Waals surface area contributed by atoms with Gasteiger partial charge in [-0.15, -0.1) is 0 Å². The zero-order valence-electron chi connectivity index (χ0n) is 13.8. The molecule has 0 spiro atoms. The van der Waals surface area contributed by atoms with Gasteiger partial charge in [0, 0.05) is 0 Å². The Kier molecular flexibility index (Phi) is 4.86. The zero-order chi connectivity index (χ0) is 17.8. The lowest BCUT2D eigenvalue weighted by atomic mass is 10.1. The number of rotatable bonds is 6.